The molecule has 4 nitrogen and oxygen atoms in total. The van der Waals surface area contributed by atoms with Crippen LogP contribution in [-0.2, 0) is 13.1 Å². The van der Waals surface area contributed by atoms with Crippen LogP contribution < -0.4 is 5.32 Å². The van der Waals surface area contributed by atoms with E-state index in [0.717, 1.165) is 44.1 Å². The molecule has 0 saturated carbocycles. The van der Waals surface area contributed by atoms with E-state index < -0.39 is 0 Å². The Balaban J connectivity index is 2.58. The molecule has 0 aromatic carbocycles. The maximum Gasteiger partial charge on any atom is 0.118 e. The summed E-state index contributed by atoms with van der Waals surface area (Å²) < 4.78 is 5.74. The first-order chi connectivity index (χ1) is 9.21. The zero-order valence-corrected chi connectivity index (χ0v) is 12.1. The lowest BCUT2D eigenvalue weighted by atomic mass is 10.2. The fourth-order valence-electron chi connectivity index (χ4n) is 2.02. The minimum atomic E-state index is 0.162. The molecule has 0 amide bonds. The SMILES string of the molecule is C=CCN(CCO)Cc1cc(CNCCC)oc1C. The highest BCUT2D eigenvalue weighted by atomic mass is 16.3. The minimum absolute atomic E-state index is 0.162. The summed E-state index contributed by atoms with van der Waals surface area (Å²) in [7, 11) is 0. The van der Waals surface area contributed by atoms with E-state index in [1.165, 1.54) is 5.56 Å². The molecule has 0 radical (unpaired) electrons. The number of nitrogens with one attached hydrogen (secondary N) is 1. The summed E-state index contributed by atoms with van der Waals surface area (Å²) in [5.41, 5.74) is 1.18. The molecule has 1 rings (SSSR count). The molecule has 108 valence electrons. The zero-order valence-electron chi connectivity index (χ0n) is 12.1. The molecule has 0 spiro atoms. The van der Waals surface area contributed by atoms with Gasteiger partial charge in [0.2, 0.25) is 0 Å². The van der Waals surface area contributed by atoms with Gasteiger partial charge in [-0.2, -0.15) is 0 Å². The first-order valence-corrected chi connectivity index (χ1v) is 6.94. The van der Waals surface area contributed by atoms with Gasteiger partial charge in [-0.1, -0.05) is 13.0 Å². The second-order valence-corrected chi connectivity index (χ2v) is 4.72. The molecule has 0 atom stereocenters. The number of hydrogen-bond donors (Lipinski definition) is 2. The topological polar surface area (TPSA) is 48.6 Å². The lowest BCUT2D eigenvalue weighted by Gasteiger charge is -2.18. The molecule has 0 saturated heterocycles. The van der Waals surface area contributed by atoms with E-state index in [1.54, 1.807) is 0 Å². The average Bonchev–Trinajstić information content (AvgIpc) is 2.71. The van der Waals surface area contributed by atoms with Crippen molar-refractivity contribution in [2.75, 3.05) is 26.2 Å². The first-order valence-electron chi connectivity index (χ1n) is 6.94. The molecule has 0 bridgehead atoms. The predicted molar refractivity (Wildman–Crippen MR) is 78.0 cm³/mol. The number of aryl methyl sites for hydroxylation is 1. The molecule has 1 aromatic rings. The van der Waals surface area contributed by atoms with Gasteiger partial charge in [-0.3, -0.25) is 4.90 Å². The van der Waals surface area contributed by atoms with Crippen LogP contribution in [0.15, 0.2) is 23.1 Å². The molecule has 0 aliphatic carbocycles. The van der Waals surface area contributed by atoms with Crippen molar-refractivity contribution in [1.82, 2.24) is 10.2 Å². The Kier molecular flexibility index (Phi) is 7.48. The molecule has 0 fully saturated rings. The number of aliphatic hydroxyl groups excluding tert-OH is 1. The van der Waals surface area contributed by atoms with Crippen LogP contribution in [0.4, 0.5) is 0 Å². The highest BCUT2D eigenvalue weighted by Crippen LogP contribution is 2.16. The van der Waals surface area contributed by atoms with Crippen molar-refractivity contribution in [3.63, 3.8) is 0 Å². The van der Waals surface area contributed by atoms with E-state index >= 15 is 0 Å². The summed E-state index contributed by atoms with van der Waals surface area (Å²) in [6.07, 6.45) is 2.98. The highest BCUT2D eigenvalue weighted by molar-refractivity contribution is 5.20. The minimum Gasteiger partial charge on any atom is -0.465 e. The van der Waals surface area contributed by atoms with Crippen LogP contribution in [0.5, 0.6) is 0 Å². The van der Waals surface area contributed by atoms with Gasteiger partial charge in [0.25, 0.3) is 0 Å². The molecule has 0 unspecified atom stereocenters. The number of rotatable bonds is 10. The van der Waals surface area contributed by atoms with Gasteiger partial charge < -0.3 is 14.8 Å². The lowest BCUT2D eigenvalue weighted by molar-refractivity contribution is 0.203. The van der Waals surface area contributed by atoms with Crippen molar-refractivity contribution in [1.29, 1.82) is 0 Å². The van der Waals surface area contributed by atoms with Crippen LogP contribution in [0.3, 0.4) is 0 Å². The average molecular weight is 266 g/mol. The van der Waals surface area contributed by atoms with Crippen LogP contribution in [0, 0.1) is 6.92 Å². The maximum absolute atomic E-state index is 9.05. The molecule has 2 N–H and O–H groups in total. The molecule has 19 heavy (non-hydrogen) atoms. The van der Waals surface area contributed by atoms with Crippen LogP contribution in [-0.4, -0.2) is 36.2 Å². The van der Waals surface area contributed by atoms with Gasteiger partial charge in [0, 0.05) is 25.2 Å². The van der Waals surface area contributed by atoms with Crippen molar-refractivity contribution in [3.05, 3.63) is 35.8 Å². The second-order valence-electron chi connectivity index (χ2n) is 4.72. The summed E-state index contributed by atoms with van der Waals surface area (Å²) >= 11 is 0. The van der Waals surface area contributed by atoms with Gasteiger partial charge >= 0.3 is 0 Å². The number of nitrogens with zero attached hydrogens (tertiary/aromatic N) is 1. The first kappa shape index (κ1) is 16.0. The molecular weight excluding hydrogens is 240 g/mol. The smallest absolute Gasteiger partial charge is 0.118 e. The molecule has 0 aliphatic rings. The van der Waals surface area contributed by atoms with Gasteiger partial charge in [0.15, 0.2) is 0 Å². The quantitative estimate of drug-likeness (QED) is 0.503. The Bertz CT molecular complexity index is 374. The van der Waals surface area contributed by atoms with Crippen LogP contribution in [0.25, 0.3) is 0 Å². The molecule has 4 heteroatoms. The molecule has 1 aromatic heterocycles. The van der Waals surface area contributed by atoms with E-state index in [9.17, 15) is 0 Å². The van der Waals surface area contributed by atoms with Gasteiger partial charge in [-0.05, 0) is 26.0 Å². The number of aliphatic hydroxyl groups is 1. The Morgan fingerprint density at radius 2 is 2.32 bits per heavy atom. The standard InChI is InChI=1S/C15H26N2O2/c1-4-6-16-11-15-10-14(13(3)19-15)12-17(7-5-2)8-9-18/h5,10,16,18H,2,4,6-9,11-12H2,1,3H3. The third-order valence-electron chi connectivity index (χ3n) is 3.00. The van der Waals surface area contributed by atoms with Crippen molar-refractivity contribution in [2.45, 2.75) is 33.4 Å². The lowest BCUT2D eigenvalue weighted by Crippen LogP contribution is -2.26. The van der Waals surface area contributed by atoms with E-state index in [1.807, 2.05) is 13.0 Å². The second kappa shape index (κ2) is 8.91. The maximum atomic E-state index is 9.05. The van der Waals surface area contributed by atoms with E-state index in [2.05, 4.69) is 29.8 Å². The molecule has 1 heterocycles. The molecular formula is C15H26N2O2. The monoisotopic (exact) mass is 266 g/mol. The largest absolute Gasteiger partial charge is 0.465 e. The third-order valence-corrected chi connectivity index (χ3v) is 3.00. The predicted octanol–water partition coefficient (Wildman–Crippen LogP) is 2.07. The van der Waals surface area contributed by atoms with Gasteiger partial charge in [0.1, 0.15) is 11.5 Å². The van der Waals surface area contributed by atoms with Crippen molar-refractivity contribution < 1.29 is 9.52 Å². The van der Waals surface area contributed by atoms with Crippen molar-refractivity contribution in [3.8, 4) is 0 Å². The van der Waals surface area contributed by atoms with Crippen molar-refractivity contribution >= 4 is 0 Å². The van der Waals surface area contributed by atoms with Gasteiger partial charge in [0.05, 0.1) is 13.2 Å². The van der Waals surface area contributed by atoms with E-state index in [4.69, 9.17) is 9.52 Å². The Morgan fingerprint density at radius 1 is 1.53 bits per heavy atom. The van der Waals surface area contributed by atoms with Crippen LogP contribution >= 0.6 is 0 Å². The normalized spacial score (nSPS) is 11.2. The summed E-state index contributed by atoms with van der Waals surface area (Å²) in [5, 5.41) is 12.4. The Hall–Kier alpha value is -1.10. The summed E-state index contributed by atoms with van der Waals surface area (Å²) in [6, 6.07) is 2.10. The van der Waals surface area contributed by atoms with Gasteiger partial charge in [-0.15, -0.1) is 6.58 Å². The molecule has 0 aliphatic heterocycles. The van der Waals surface area contributed by atoms with Crippen LogP contribution in [0.2, 0.25) is 0 Å². The van der Waals surface area contributed by atoms with Crippen LogP contribution in [0.1, 0.15) is 30.4 Å². The Labute approximate surface area is 116 Å². The summed E-state index contributed by atoms with van der Waals surface area (Å²) in [5.74, 6) is 1.93. The van der Waals surface area contributed by atoms with Gasteiger partial charge in [-0.25, -0.2) is 0 Å². The van der Waals surface area contributed by atoms with E-state index in [-0.39, 0.29) is 6.61 Å². The van der Waals surface area contributed by atoms with E-state index in [0.29, 0.717) is 6.54 Å². The third kappa shape index (κ3) is 5.59. The number of furan rings is 1. The number of hydrogen-bond acceptors (Lipinski definition) is 4. The summed E-state index contributed by atoms with van der Waals surface area (Å²) in [4.78, 5) is 2.15. The highest BCUT2D eigenvalue weighted by Gasteiger charge is 2.11. The summed E-state index contributed by atoms with van der Waals surface area (Å²) in [6.45, 7) is 12.0. The fraction of sp³-hybridized carbons (Fsp3) is 0.600. The Morgan fingerprint density at radius 3 is 2.95 bits per heavy atom. The van der Waals surface area contributed by atoms with Crippen molar-refractivity contribution in [2.24, 2.45) is 0 Å². The zero-order chi connectivity index (χ0) is 14.1. The fourth-order valence-corrected chi connectivity index (χ4v) is 2.02.